The summed E-state index contributed by atoms with van der Waals surface area (Å²) in [5, 5.41) is 10.3. The van der Waals surface area contributed by atoms with Crippen LogP contribution in [0.3, 0.4) is 0 Å². The average Bonchev–Trinajstić information content (AvgIpc) is 4.03. The molecule has 0 bridgehead atoms. The molecule has 0 unspecified atom stereocenters. The number of hydrogen-bond acceptors (Lipinski definition) is 0. The van der Waals surface area contributed by atoms with E-state index in [0.717, 1.165) is 11.4 Å². The van der Waals surface area contributed by atoms with Crippen molar-refractivity contribution in [1.29, 1.82) is 0 Å². The third-order valence-corrected chi connectivity index (χ3v) is 14.6. The van der Waals surface area contributed by atoms with Crippen molar-refractivity contribution in [3.8, 4) is 28.2 Å². The summed E-state index contributed by atoms with van der Waals surface area (Å²) in [5.74, 6) is 0. The van der Waals surface area contributed by atoms with Crippen LogP contribution in [0.2, 0.25) is 0 Å². The quantitative estimate of drug-likeness (QED) is 0.158. The molecule has 0 radical (unpaired) electrons. The van der Waals surface area contributed by atoms with Crippen molar-refractivity contribution in [2.24, 2.45) is 0 Å². The monoisotopic (exact) mass is 803 g/mol. The molecule has 4 heteroatoms. The molecule has 0 aliphatic heterocycles. The van der Waals surface area contributed by atoms with Gasteiger partial charge < -0.3 is 4.57 Å². The second-order valence-corrected chi connectivity index (χ2v) is 17.5. The van der Waals surface area contributed by atoms with Gasteiger partial charge in [-0.25, -0.2) is 0 Å². The Balaban J connectivity index is 1.08. The average molecular weight is 803 g/mol. The van der Waals surface area contributed by atoms with Crippen LogP contribution in [-0.4, -0.2) is 28.2 Å². The zero-order valence-corrected chi connectivity index (χ0v) is 33.0. The molecule has 3 nitrogen and oxygen atoms in total. The third kappa shape index (κ3) is 4.44. The van der Waals surface area contributed by atoms with Gasteiger partial charge in [0, 0.05) is 10.8 Å². The number of rotatable bonds is 4. The van der Waals surface area contributed by atoms with Gasteiger partial charge in [0.05, 0.1) is 11.0 Å². The van der Waals surface area contributed by atoms with Gasteiger partial charge in [0.25, 0.3) is 0 Å². The number of aromatic nitrogens is 3. The summed E-state index contributed by atoms with van der Waals surface area (Å²) in [7, 11) is 0. The van der Waals surface area contributed by atoms with Crippen LogP contribution in [0.4, 0.5) is 0 Å². The first-order chi connectivity index (χ1) is 28.8. The van der Waals surface area contributed by atoms with E-state index >= 15 is 0 Å². The van der Waals surface area contributed by atoms with E-state index in [9.17, 15) is 0 Å². The van der Waals surface area contributed by atoms with Gasteiger partial charge >= 0.3 is 266 Å². The Labute approximate surface area is 339 Å². The molecule has 4 heterocycles. The predicted molar refractivity (Wildman–Crippen MR) is 247 cm³/mol. The van der Waals surface area contributed by atoms with Crippen LogP contribution in [0.25, 0.3) is 113 Å². The van der Waals surface area contributed by atoms with Crippen LogP contribution in [0.5, 0.6) is 0 Å². The first-order valence-corrected chi connectivity index (χ1v) is 21.6. The first kappa shape index (κ1) is 32.0. The molecule has 0 atom stereocenters. The van der Waals surface area contributed by atoms with Crippen LogP contribution in [0.1, 0.15) is 0 Å². The minimum atomic E-state index is 0.219. The van der Waals surface area contributed by atoms with Crippen LogP contribution in [0, 0.1) is 0 Å². The maximum absolute atomic E-state index is 2.54. The molecule has 4 aromatic heterocycles. The van der Waals surface area contributed by atoms with Gasteiger partial charge in [-0.1, -0.05) is 36.4 Å². The Kier molecular flexibility index (Phi) is 6.74. The standard InChI is InChI=1S/C54H33N3Se/c1-2-14-34(15-3-1)37-20-12-26-51-53(37)54-49(25-13-27-52(54)58-51)57-47-24-11-6-18-40(47)42-30-28-36(33-50(42)57)56-46-23-10-7-19-41(46)43-32-35(29-31-48(43)56)55-44-21-8-4-16-38(44)39-17-5-9-22-45(39)55/h1-33H. The molecule has 0 aliphatic carbocycles. The number of para-hydroxylation sites is 4. The number of benzene rings is 9. The molecule has 0 fully saturated rings. The van der Waals surface area contributed by atoms with Gasteiger partial charge in [-0.3, -0.25) is 0 Å². The van der Waals surface area contributed by atoms with E-state index in [0.29, 0.717) is 0 Å². The van der Waals surface area contributed by atoms with Crippen LogP contribution in [-0.2, 0) is 0 Å². The molecule has 0 saturated heterocycles. The second kappa shape index (κ2) is 12.2. The zero-order valence-electron chi connectivity index (χ0n) is 31.3. The Hall–Kier alpha value is -7.10. The molecule has 13 aromatic rings. The molecule has 13 rings (SSSR count). The summed E-state index contributed by atoms with van der Waals surface area (Å²) in [6.07, 6.45) is 0. The fourth-order valence-electron chi connectivity index (χ4n) is 9.83. The molecule has 270 valence electrons. The number of fused-ring (bicyclic) bond motifs is 12. The number of hydrogen-bond donors (Lipinski definition) is 0. The van der Waals surface area contributed by atoms with Crippen molar-refractivity contribution in [2.75, 3.05) is 0 Å². The van der Waals surface area contributed by atoms with Crippen molar-refractivity contribution >= 4 is 99.2 Å². The minimum absolute atomic E-state index is 0.219. The van der Waals surface area contributed by atoms with E-state index in [2.05, 4.69) is 214 Å². The van der Waals surface area contributed by atoms with Crippen molar-refractivity contribution in [1.82, 2.24) is 13.7 Å². The van der Waals surface area contributed by atoms with Gasteiger partial charge in [-0.15, -0.1) is 0 Å². The SMILES string of the molecule is c1ccc(-c2cccc3[se]c4cccc(-n5c6ccccc6c6ccc(-n7c8ccccc8c8cc(-n9c%10ccccc%10c%10ccccc%109)ccc87)cc65)c4c23)cc1. The van der Waals surface area contributed by atoms with Gasteiger partial charge in [-0.05, 0) is 12.1 Å². The third-order valence-electron chi connectivity index (χ3n) is 12.2. The van der Waals surface area contributed by atoms with Crippen molar-refractivity contribution in [2.45, 2.75) is 0 Å². The summed E-state index contributed by atoms with van der Waals surface area (Å²) in [6, 6.07) is 74.1. The maximum atomic E-state index is 2.54. The topological polar surface area (TPSA) is 14.8 Å². The first-order valence-electron chi connectivity index (χ1n) is 19.9. The van der Waals surface area contributed by atoms with Gasteiger partial charge in [0.1, 0.15) is 0 Å². The summed E-state index contributed by atoms with van der Waals surface area (Å²) in [5.41, 5.74) is 13.4. The molecule has 0 saturated carbocycles. The Morgan fingerprint density at radius 3 is 1.43 bits per heavy atom. The van der Waals surface area contributed by atoms with Crippen molar-refractivity contribution in [3.63, 3.8) is 0 Å². The summed E-state index contributed by atoms with van der Waals surface area (Å²) >= 11 is 0.219. The fourth-order valence-corrected chi connectivity index (χ4v) is 12.2. The van der Waals surface area contributed by atoms with E-state index in [1.165, 1.54) is 102 Å². The molecule has 9 aromatic carbocycles. The van der Waals surface area contributed by atoms with E-state index < -0.39 is 0 Å². The van der Waals surface area contributed by atoms with Gasteiger partial charge in [0.15, 0.2) is 0 Å². The predicted octanol–water partition coefficient (Wildman–Crippen LogP) is 14.0. The molecule has 0 N–H and O–H groups in total. The molecule has 0 amide bonds. The molecular weight excluding hydrogens is 770 g/mol. The number of nitrogens with zero attached hydrogens (tertiary/aromatic N) is 3. The Bertz CT molecular complexity index is 3750. The van der Waals surface area contributed by atoms with E-state index in [-0.39, 0.29) is 14.5 Å². The van der Waals surface area contributed by atoms with Crippen LogP contribution in [0.15, 0.2) is 200 Å². The second-order valence-electron chi connectivity index (χ2n) is 15.3. The molecule has 0 spiro atoms. The molecule has 58 heavy (non-hydrogen) atoms. The van der Waals surface area contributed by atoms with E-state index in [4.69, 9.17) is 0 Å². The van der Waals surface area contributed by atoms with Gasteiger partial charge in [-0.2, -0.15) is 0 Å². The summed E-state index contributed by atoms with van der Waals surface area (Å²) in [6.45, 7) is 0. The fraction of sp³-hybridized carbons (Fsp3) is 0. The summed E-state index contributed by atoms with van der Waals surface area (Å²) in [4.78, 5) is 0. The molecular formula is C54H33N3Se. The van der Waals surface area contributed by atoms with Crippen LogP contribution < -0.4 is 0 Å². The summed E-state index contributed by atoms with van der Waals surface area (Å²) < 4.78 is 10.3. The van der Waals surface area contributed by atoms with Crippen molar-refractivity contribution < 1.29 is 0 Å². The van der Waals surface area contributed by atoms with Crippen LogP contribution >= 0.6 is 0 Å². The van der Waals surface area contributed by atoms with Gasteiger partial charge in [0.2, 0.25) is 0 Å². The Morgan fingerprint density at radius 1 is 0.293 bits per heavy atom. The normalized spacial score (nSPS) is 12.1. The van der Waals surface area contributed by atoms with E-state index in [1.807, 2.05) is 0 Å². The zero-order chi connectivity index (χ0) is 37.9. The van der Waals surface area contributed by atoms with Crippen molar-refractivity contribution in [3.05, 3.63) is 200 Å². The Morgan fingerprint density at radius 2 is 0.776 bits per heavy atom. The molecule has 0 aliphatic rings. The van der Waals surface area contributed by atoms with E-state index in [1.54, 1.807) is 0 Å².